The molecule has 138 valence electrons. The second-order valence-corrected chi connectivity index (χ2v) is 4.81. The van der Waals surface area contributed by atoms with Gasteiger partial charge in [0.05, 0.1) is 22.4 Å². The molecule has 0 atom stereocenters. The van der Waals surface area contributed by atoms with Crippen LogP contribution in [0.2, 0.25) is 0 Å². The van der Waals surface area contributed by atoms with Crippen LogP contribution >= 0.6 is 0 Å². The number of nitro groups is 1. The number of halogens is 5. The minimum absolute atomic E-state index is 0.0159. The van der Waals surface area contributed by atoms with Gasteiger partial charge in [-0.1, -0.05) is 6.07 Å². The molecule has 1 N–H and O–H groups in total. The fourth-order valence-electron chi connectivity index (χ4n) is 1.90. The van der Waals surface area contributed by atoms with Gasteiger partial charge in [0.2, 0.25) is 0 Å². The second-order valence-electron chi connectivity index (χ2n) is 4.81. The van der Waals surface area contributed by atoms with Gasteiger partial charge in [0.1, 0.15) is 5.75 Å². The van der Waals surface area contributed by atoms with E-state index in [4.69, 9.17) is 0 Å². The lowest BCUT2D eigenvalue weighted by molar-refractivity contribution is -0.384. The van der Waals surface area contributed by atoms with E-state index in [1.807, 2.05) is 0 Å². The number of alkyl halides is 5. The number of nitrogens with zero attached hydrogens (tertiary/aromatic N) is 2. The second kappa shape index (κ2) is 7.76. The molecule has 0 unspecified atom stereocenters. The minimum atomic E-state index is -4.54. The highest BCUT2D eigenvalue weighted by Gasteiger charge is 2.30. The Morgan fingerprint density at radius 2 is 1.92 bits per heavy atom. The number of non-ortho nitro benzene ring substituents is 1. The molecule has 0 aliphatic carbocycles. The number of nitrogens with one attached hydrogen (secondary N) is 1. The van der Waals surface area contributed by atoms with Crippen molar-refractivity contribution < 1.29 is 31.6 Å². The molecule has 0 bridgehead atoms. The Balaban J connectivity index is 2.24. The maximum Gasteiger partial charge on any atom is 0.416 e. The van der Waals surface area contributed by atoms with Crippen LogP contribution in [-0.2, 0) is 6.18 Å². The topological polar surface area (TPSA) is 76.8 Å². The fourth-order valence-corrected chi connectivity index (χ4v) is 1.90. The summed E-state index contributed by atoms with van der Waals surface area (Å²) in [5.41, 5.74) is 0.818. The van der Waals surface area contributed by atoms with Crippen molar-refractivity contribution in [1.29, 1.82) is 0 Å². The van der Waals surface area contributed by atoms with Crippen LogP contribution < -0.4 is 10.2 Å². The lowest BCUT2D eigenvalue weighted by Gasteiger charge is -2.09. The summed E-state index contributed by atoms with van der Waals surface area (Å²) >= 11 is 0. The summed E-state index contributed by atoms with van der Waals surface area (Å²) in [6, 6.07) is 6.99. The van der Waals surface area contributed by atoms with Crippen LogP contribution in [0.3, 0.4) is 0 Å². The first kappa shape index (κ1) is 19.1. The molecule has 0 radical (unpaired) electrons. The number of benzene rings is 2. The molecule has 0 spiro atoms. The van der Waals surface area contributed by atoms with Gasteiger partial charge in [-0.3, -0.25) is 15.5 Å². The van der Waals surface area contributed by atoms with E-state index in [-0.39, 0.29) is 17.0 Å². The van der Waals surface area contributed by atoms with Crippen molar-refractivity contribution in [3.63, 3.8) is 0 Å². The van der Waals surface area contributed by atoms with E-state index >= 15 is 0 Å². The van der Waals surface area contributed by atoms with Crippen LogP contribution in [0.15, 0.2) is 47.6 Å². The Morgan fingerprint density at radius 3 is 2.54 bits per heavy atom. The first-order valence-corrected chi connectivity index (χ1v) is 6.86. The number of hydrogen-bond donors (Lipinski definition) is 1. The number of hydrazone groups is 1. The van der Waals surface area contributed by atoms with Crippen LogP contribution in [0.4, 0.5) is 33.3 Å². The molecule has 0 amide bonds. The summed E-state index contributed by atoms with van der Waals surface area (Å²) in [4.78, 5) is 10.0. The number of hydrogen-bond acceptors (Lipinski definition) is 5. The quantitative estimate of drug-likeness (QED) is 0.345. The van der Waals surface area contributed by atoms with Crippen molar-refractivity contribution in [3.8, 4) is 5.75 Å². The van der Waals surface area contributed by atoms with Gasteiger partial charge >= 0.3 is 12.8 Å². The zero-order valence-electron chi connectivity index (χ0n) is 12.7. The van der Waals surface area contributed by atoms with E-state index < -0.39 is 29.0 Å². The Kier molecular flexibility index (Phi) is 5.70. The maximum absolute atomic E-state index is 12.6. The SMILES string of the molecule is O=[N+]([O-])c1ccc(OC(F)F)c(/C=N\Nc2cccc(C(F)(F)F)c2)c1. The summed E-state index contributed by atoms with van der Waals surface area (Å²) < 4.78 is 66.9. The van der Waals surface area contributed by atoms with Crippen LogP contribution in [0.5, 0.6) is 5.75 Å². The molecule has 2 aromatic carbocycles. The molecule has 0 fully saturated rings. The van der Waals surface area contributed by atoms with E-state index in [0.717, 1.165) is 42.6 Å². The monoisotopic (exact) mass is 375 g/mol. The first-order chi connectivity index (χ1) is 12.2. The van der Waals surface area contributed by atoms with E-state index in [9.17, 15) is 32.1 Å². The lowest BCUT2D eigenvalue weighted by Crippen LogP contribution is -2.06. The smallest absolute Gasteiger partial charge is 0.416 e. The summed E-state index contributed by atoms with van der Waals surface area (Å²) in [7, 11) is 0. The van der Waals surface area contributed by atoms with Crippen molar-refractivity contribution in [1.82, 2.24) is 0 Å². The zero-order valence-corrected chi connectivity index (χ0v) is 12.7. The Hall–Kier alpha value is -3.24. The summed E-state index contributed by atoms with van der Waals surface area (Å²) in [5, 5.41) is 14.4. The van der Waals surface area contributed by atoms with Crippen molar-refractivity contribution in [2.24, 2.45) is 5.10 Å². The van der Waals surface area contributed by atoms with Gasteiger partial charge in [-0.05, 0) is 24.3 Å². The van der Waals surface area contributed by atoms with E-state index in [1.165, 1.54) is 6.07 Å². The average Bonchev–Trinajstić information content (AvgIpc) is 2.55. The van der Waals surface area contributed by atoms with Gasteiger partial charge in [0, 0.05) is 17.7 Å². The molecular weight excluding hydrogens is 365 g/mol. The summed E-state index contributed by atoms with van der Waals surface area (Å²) in [5.74, 6) is -0.375. The molecule has 0 heterocycles. The van der Waals surface area contributed by atoms with E-state index in [0.29, 0.717) is 0 Å². The first-order valence-electron chi connectivity index (χ1n) is 6.86. The highest BCUT2D eigenvalue weighted by Crippen LogP contribution is 2.30. The van der Waals surface area contributed by atoms with Gasteiger partial charge in [0.25, 0.3) is 5.69 Å². The largest absolute Gasteiger partial charge is 0.434 e. The standard InChI is InChI=1S/C15H10F5N3O3/c16-14(17)26-13-5-4-12(23(24)25)6-9(13)8-21-22-11-3-1-2-10(7-11)15(18,19)20/h1-8,14,22H/b21-8-. The van der Waals surface area contributed by atoms with Crippen LogP contribution in [0.1, 0.15) is 11.1 Å². The summed E-state index contributed by atoms with van der Waals surface area (Å²) in [6.07, 6.45) is -3.62. The number of ether oxygens (including phenoxy) is 1. The molecular formula is C15H10F5N3O3. The average molecular weight is 375 g/mol. The molecule has 6 nitrogen and oxygen atoms in total. The van der Waals surface area contributed by atoms with Gasteiger partial charge in [-0.25, -0.2) is 0 Å². The lowest BCUT2D eigenvalue weighted by atomic mass is 10.2. The molecule has 2 rings (SSSR count). The van der Waals surface area contributed by atoms with Gasteiger partial charge in [-0.15, -0.1) is 0 Å². The molecule has 2 aromatic rings. The Labute approximate surface area is 143 Å². The van der Waals surface area contributed by atoms with Gasteiger partial charge in [0.15, 0.2) is 0 Å². The van der Waals surface area contributed by atoms with Crippen LogP contribution in [-0.4, -0.2) is 17.7 Å². The highest BCUT2D eigenvalue weighted by molar-refractivity contribution is 5.85. The molecule has 0 aliphatic rings. The predicted octanol–water partition coefficient (Wildman–Crippen LogP) is 4.66. The van der Waals surface area contributed by atoms with Crippen molar-refractivity contribution in [2.45, 2.75) is 12.8 Å². The van der Waals surface area contributed by atoms with Crippen LogP contribution in [0.25, 0.3) is 0 Å². The third-order valence-corrected chi connectivity index (χ3v) is 3.01. The zero-order chi connectivity index (χ0) is 19.3. The molecule has 11 heteroatoms. The van der Waals surface area contributed by atoms with Crippen molar-refractivity contribution in [2.75, 3.05) is 5.43 Å². The molecule has 0 aromatic heterocycles. The summed E-state index contributed by atoms with van der Waals surface area (Å²) in [6.45, 7) is -3.17. The van der Waals surface area contributed by atoms with Crippen molar-refractivity contribution in [3.05, 3.63) is 63.7 Å². The fraction of sp³-hybridized carbons (Fsp3) is 0.133. The van der Waals surface area contributed by atoms with E-state index in [2.05, 4.69) is 15.3 Å². The molecule has 0 saturated heterocycles. The number of anilines is 1. The molecule has 26 heavy (non-hydrogen) atoms. The van der Waals surface area contributed by atoms with Crippen LogP contribution in [0, 0.1) is 10.1 Å². The third kappa shape index (κ3) is 5.13. The molecule has 0 saturated carbocycles. The van der Waals surface area contributed by atoms with Gasteiger partial charge < -0.3 is 4.74 Å². The third-order valence-electron chi connectivity index (χ3n) is 3.01. The Morgan fingerprint density at radius 1 is 1.19 bits per heavy atom. The molecule has 0 aliphatic heterocycles. The van der Waals surface area contributed by atoms with Crippen molar-refractivity contribution >= 4 is 17.6 Å². The highest BCUT2D eigenvalue weighted by atomic mass is 19.4. The maximum atomic E-state index is 12.6. The predicted molar refractivity (Wildman–Crippen MR) is 82.4 cm³/mol. The normalized spacial score (nSPS) is 11.8. The van der Waals surface area contributed by atoms with Gasteiger partial charge in [-0.2, -0.15) is 27.1 Å². The minimum Gasteiger partial charge on any atom is -0.434 e. The number of rotatable bonds is 6. The van der Waals surface area contributed by atoms with E-state index in [1.54, 1.807) is 0 Å². The number of nitro benzene ring substituents is 1. The Bertz CT molecular complexity index is 824.